The van der Waals surface area contributed by atoms with Gasteiger partial charge in [0.25, 0.3) is 5.91 Å². The van der Waals surface area contributed by atoms with Crippen LogP contribution in [0.4, 0.5) is 5.69 Å². The SMILES string of the molecule is CC(N)=O.COC(=O)CCCNC(=O)Cn1cc(C=C2C(=O)Nc3ccccc32)c2ccccc21. The molecule has 0 radical (unpaired) electrons. The molecule has 2 aromatic carbocycles. The number of primary amides is 1. The van der Waals surface area contributed by atoms with E-state index in [2.05, 4.69) is 21.1 Å². The van der Waals surface area contributed by atoms with Crippen LogP contribution in [-0.4, -0.2) is 41.9 Å². The van der Waals surface area contributed by atoms with Crippen molar-refractivity contribution in [3.63, 3.8) is 0 Å². The summed E-state index contributed by atoms with van der Waals surface area (Å²) in [6, 6.07) is 15.4. The molecule has 1 aromatic heterocycles. The quantitative estimate of drug-likeness (QED) is 0.274. The maximum absolute atomic E-state index is 12.5. The monoisotopic (exact) mass is 476 g/mol. The van der Waals surface area contributed by atoms with Crippen LogP contribution < -0.4 is 16.4 Å². The Morgan fingerprint density at radius 3 is 2.54 bits per heavy atom. The van der Waals surface area contributed by atoms with E-state index in [4.69, 9.17) is 0 Å². The van der Waals surface area contributed by atoms with Crippen LogP contribution in [0, 0.1) is 0 Å². The van der Waals surface area contributed by atoms with Gasteiger partial charge in [-0.15, -0.1) is 0 Å². The molecule has 1 aliphatic rings. The fourth-order valence-electron chi connectivity index (χ4n) is 3.73. The highest BCUT2D eigenvalue weighted by Gasteiger charge is 2.24. The minimum absolute atomic E-state index is 0.138. The summed E-state index contributed by atoms with van der Waals surface area (Å²) < 4.78 is 6.47. The van der Waals surface area contributed by atoms with Crippen molar-refractivity contribution in [2.45, 2.75) is 26.3 Å². The first kappa shape index (κ1) is 25.2. The normalized spacial score (nSPS) is 13.0. The molecule has 0 spiro atoms. The molecule has 3 aromatic rings. The Labute approximate surface area is 202 Å². The fourth-order valence-corrected chi connectivity index (χ4v) is 3.73. The van der Waals surface area contributed by atoms with Gasteiger partial charge >= 0.3 is 5.97 Å². The number of ether oxygens (including phenoxy) is 1. The van der Waals surface area contributed by atoms with Crippen LogP contribution in [0.5, 0.6) is 0 Å². The molecule has 182 valence electrons. The van der Waals surface area contributed by atoms with Gasteiger partial charge < -0.3 is 25.7 Å². The van der Waals surface area contributed by atoms with Gasteiger partial charge in [0, 0.05) is 59.4 Å². The molecule has 35 heavy (non-hydrogen) atoms. The second-order valence-electron chi connectivity index (χ2n) is 7.93. The van der Waals surface area contributed by atoms with Gasteiger partial charge in [-0.1, -0.05) is 36.4 Å². The zero-order valence-corrected chi connectivity index (χ0v) is 19.7. The standard InChI is InChI=1S/C24H23N3O4.C2H5NO/c1-31-23(29)11-6-12-25-22(28)15-27-14-16(17-7-3-5-10-21(17)27)13-19-18-8-2-4-9-20(18)26-24(19)30;1-2(3)4/h2-5,7-10,13-14H,6,11-12,15H2,1H3,(H,25,28)(H,26,30);1H3,(H2,3,4). The van der Waals surface area contributed by atoms with E-state index in [1.165, 1.54) is 14.0 Å². The number of nitrogens with zero attached hydrogens (tertiary/aromatic N) is 1. The number of methoxy groups -OCH3 is 1. The van der Waals surface area contributed by atoms with E-state index in [1.807, 2.05) is 65.4 Å². The van der Waals surface area contributed by atoms with E-state index < -0.39 is 0 Å². The summed E-state index contributed by atoms with van der Waals surface area (Å²) in [5, 5.41) is 6.68. The molecule has 4 N–H and O–H groups in total. The molecule has 0 saturated carbocycles. The van der Waals surface area contributed by atoms with Crippen molar-refractivity contribution in [1.82, 2.24) is 9.88 Å². The topological polar surface area (TPSA) is 133 Å². The number of fused-ring (bicyclic) bond motifs is 2. The number of para-hydroxylation sites is 2. The van der Waals surface area contributed by atoms with E-state index in [0.29, 0.717) is 18.5 Å². The molecule has 9 nitrogen and oxygen atoms in total. The third-order valence-electron chi connectivity index (χ3n) is 5.25. The molecular weight excluding hydrogens is 448 g/mol. The summed E-state index contributed by atoms with van der Waals surface area (Å²) in [6.45, 7) is 1.85. The van der Waals surface area contributed by atoms with Gasteiger partial charge in [-0.3, -0.25) is 19.2 Å². The van der Waals surface area contributed by atoms with E-state index >= 15 is 0 Å². The molecular formula is C26H28N4O5. The number of nitrogens with two attached hydrogens (primary N) is 1. The Kier molecular flexibility index (Phi) is 8.39. The first-order valence-corrected chi connectivity index (χ1v) is 11.1. The molecule has 0 atom stereocenters. The number of carbonyl (C=O) groups is 4. The third-order valence-corrected chi connectivity index (χ3v) is 5.25. The van der Waals surface area contributed by atoms with Crippen LogP contribution in [0.15, 0.2) is 54.7 Å². The van der Waals surface area contributed by atoms with Crippen LogP contribution in [0.25, 0.3) is 22.6 Å². The lowest BCUT2D eigenvalue weighted by molar-refractivity contribution is -0.140. The summed E-state index contributed by atoms with van der Waals surface area (Å²) >= 11 is 0. The molecule has 0 unspecified atom stereocenters. The van der Waals surface area contributed by atoms with E-state index in [0.717, 1.165) is 27.7 Å². The predicted octanol–water partition coefficient (Wildman–Crippen LogP) is 2.70. The van der Waals surface area contributed by atoms with E-state index in [9.17, 15) is 19.2 Å². The van der Waals surface area contributed by atoms with Crippen LogP contribution in [0.2, 0.25) is 0 Å². The summed E-state index contributed by atoms with van der Waals surface area (Å²) in [4.78, 5) is 45.3. The van der Waals surface area contributed by atoms with Gasteiger partial charge in [0.15, 0.2) is 0 Å². The molecule has 4 rings (SSSR count). The number of nitrogens with one attached hydrogen (secondary N) is 2. The Bertz CT molecular complexity index is 1290. The first-order valence-electron chi connectivity index (χ1n) is 11.1. The zero-order chi connectivity index (χ0) is 25.4. The first-order chi connectivity index (χ1) is 16.8. The minimum Gasteiger partial charge on any atom is -0.469 e. The van der Waals surface area contributed by atoms with Gasteiger partial charge in [-0.05, 0) is 24.6 Å². The molecule has 0 bridgehead atoms. The number of rotatable bonds is 7. The number of benzene rings is 2. The number of anilines is 1. The number of esters is 1. The summed E-state index contributed by atoms with van der Waals surface area (Å²) in [5.41, 5.74) is 8.52. The van der Waals surface area contributed by atoms with Gasteiger partial charge in [0.05, 0.1) is 7.11 Å². The van der Waals surface area contributed by atoms with Crippen LogP contribution in [-0.2, 0) is 30.5 Å². The lowest BCUT2D eigenvalue weighted by Crippen LogP contribution is -2.28. The molecule has 0 saturated heterocycles. The van der Waals surface area contributed by atoms with Crippen molar-refractivity contribution in [3.05, 3.63) is 65.9 Å². The Morgan fingerprint density at radius 1 is 1.11 bits per heavy atom. The maximum atomic E-state index is 12.5. The average Bonchev–Trinajstić information content (AvgIpc) is 3.33. The molecule has 1 aliphatic heterocycles. The highest BCUT2D eigenvalue weighted by Crippen LogP contribution is 2.34. The minimum atomic E-state index is -0.333. The number of amides is 3. The highest BCUT2D eigenvalue weighted by molar-refractivity contribution is 6.35. The molecule has 2 heterocycles. The maximum Gasteiger partial charge on any atom is 0.305 e. The largest absolute Gasteiger partial charge is 0.469 e. The van der Waals surface area contributed by atoms with Crippen molar-refractivity contribution >= 4 is 51.9 Å². The lowest BCUT2D eigenvalue weighted by Gasteiger charge is -2.07. The Balaban J connectivity index is 0.000000795. The van der Waals surface area contributed by atoms with Gasteiger partial charge in [-0.25, -0.2) is 0 Å². The number of hydrogen-bond donors (Lipinski definition) is 3. The van der Waals surface area contributed by atoms with Crippen molar-refractivity contribution in [2.24, 2.45) is 5.73 Å². The number of aromatic nitrogens is 1. The Morgan fingerprint density at radius 2 is 1.80 bits per heavy atom. The molecule has 3 amide bonds. The van der Waals surface area contributed by atoms with Crippen LogP contribution in [0.1, 0.15) is 30.9 Å². The van der Waals surface area contributed by atoms with Gasteiger partial charge in [-0.2, -0.15) is 0 Å². The lowest BCUT2D eigenvalue weighted by atomic mass is 10.0. The van der Waals surface area contributed by atoms with Crippen LogP contribution >= 0.6 is 0 Å². The van der Waals surface area contributed by atoms with Crippen molar-refractivity contribution in [2.75, 3.05) is 19.0 Å². The Hall–Kier alpha value is -4.40. The number of hydrogen-bond acceptors (Lipinski definition) is 5. The van der Waals surface area contributed by atoms with Crippen molar-refractivity contribution < 1.29 is 23.9 Å². The summed E-state index contributed by atoms with van der Waals surface area (Å²) in [7, 11) is 1.35. The second-order valence-corrected chi connectivity index (χ2v) is 7.93. The van der Waals surface area contributed by atoms with E-state index in [1.54, 1.807) is 0 Å². The van der Waals surface area contributed by atoms with E-state index in [-0.39, 0.29) is 36.7 Å². The van der Waals surface area contributed by atoms with Gasteiger partial charge in [0.2, 0.25) is 11.8 Å². The third kappa shape index (κ3) is 6.57. The fraction of sp³-hybridized carbons (Fsp3) is 0.231. The molecule has 0 fully saturated rings. The van der Waals surface area contributed by atoms with Gasteiger partial charge in [0.1, 0.15) is 6.54 Å². The zero-order valence-electron chi connectivity index (χ0n) is 19.7. The van der Waals surface area contributed by atoms with Crippen molar-refractivity contribution in [3.8, 4) is 0 Å². The average molecular weight is 477 g/mol. The predicted molar refractivity (Wildman–Crippen MR) is 134 cm³/mol. The molecule has 9 heteroatoms. The smallest absolute Gasteiger partial charge is 0.305 e. The summed E-state index contributed by atoms with van der Waals surface area (Å²) in [5.74, 6) is -0.906. The van der Waals surface area contributed by atoms with Crippen molar-refractivity contribution in [1.29, 1.82) is 0 Å². The molecule has 0 aliphatic carbocycles. The highest BCUT2D eigenvalue weighted by atomic mass is 16.5. The summed E-state index contributed by atoms with van der Waals surface area (Å²) in [6.07, 6.45) is 4.55. The second kappa shape index (κ2) is 11.6. The van der Waals surface area contributed by atoms with Crippen LogP contribution in [0.3, 0.4) is 0 Å². The number of carbonyl (C=O) groups excluding carboxylic acids is 4.